The van der Waals surface area contributed by atoms with Gasteiger partial charge < -0.3 is 9.64 Å². The van der Waals surface area contributed by atoms with Gasteiger partial charge in [-0.1, -0.05) is 11.6 Å². The highest BCUT2D eigenvalue weighted by Gasteiger charge is 2.25. The summed E-state index contributed by atoms with van der Waals surface area (Å²) >= 11 is 7.30. The SMILES string of the molecule is O=C(Nc1ccc2cnsc2c1)OCCCN1CCC(C(=O)c2ccc(Cl)cc2)CC1. The third-order valence-corrected chi connectivity index (χ3v) is 6.55. The number of ether oxygens (including phenoxy) is 1. The number of rotatable bonds is 7. The zero-order chi connectivity index (χ0) is 21.6. The number of aromatic nitrogens is 1. The van der Waals surface area contributed by atoms with E-state index in [4.69, 9.17) is 16.3 Å². The van der Waals surface area contributed by atoms with E-state index in [1.807, 2.05) is 18.2 Å². The molecule has 6 nitrogen and oxygen atoms in total. The van der Waals surface area contributed by atoms with Crippen LogP contribution in [0.15, 0.2) is 48.7 Å². The van der Waals surface area contributed by atoms with Crippen LogP contribution in [-0.2, 0) is 4.74 Å². The van der Waals surface area contributed by atoms with Crippen LogP contribution in [0.25, 0.3) is 10.1 Å². The number of anilines is 1. The molecule has 0 aliphatic carbocycles. The Morgan fingerprint density at radius 3 is 2.71 bits per heavy atom. The Hall–Kier alpha value is -2.48. The number of ketones is 1. The van der Waals surface area contributed by atoms with Crippen LogP contribution in [0.1, 0.15) is 29.6 Å². The first-order valence-corrected chi connectivity index (χ1v) is 11.5. The minimum absolute atomic E-state index is 0.0651. The van der Waals surface area contributed by atoms with Crippen LogP contribution in [0.4, 0.5) is 10.5 Å². The summed E-state index contributed by atoms with van der Waals surface area (Å²) in [5.74, 6) is 0.267. The lowest BCUT2D eigenvalue weighted by Gasteiger charge is -2.31. The number of Topliss-reactive ketones (excluding diaryl/α,β-unsaturated/α-hetero) is 1. The topological polar surface area (TPSA) is 71.5 Å². The molecule has 1 aliphatic heterocycles. The van der Waals surface area contributed by atoms with Crippen molar-refractivity contribution < 1.29 is 14.3 Å². The number of hydrogen-bond donors (Lipinski definition) is 1. The number of amides is 1. The molecule has 1 saturated heterocycles. The van der Waals surface area contributed by atoms with E-state index in [-0.39, 0.29) is 11.7 Å². The van der Waals surface area contributed by atoms with Crippen molar-refractivity contribution in [3.63, 3.8) is 0 Å². The molecule has 4 rings (SSSR count). The fraction of sp³-hybridized carbons (Fsp3) is 0.348. The normalized spacial score (nSPS) is 15.1. The number of benzene rings is 2. The van der Waals surface area contributed by atoms with Crippen molar-refractivity contribution in [3.8, 4) is 0 Å². The van der Waals surface area contributed by atoms with Gasteiger partial charge >= 0.3 is 6.09 Å². The number of piperidine rings is 1. The highest BCUT2D eigenvalue weighted by Crippen LogP contribution is 2.23. The molecule has 2 heterocycles. The average molecular weight is 458 g/mol. The van der Waals surface area contributed by atoms with Gasteiger partial charge in [0.05, 0.1) is 11.3 Å². The summed E-state index contributed by atoms with van der Waals surface area (Å²) in [5, 5.41) is 4.46. The Morgan fingerprint density at radius 2 is 1.94 bits per heavy atom. The van der Waals surface area contributed by atoms with E-state index in [1.165, 1.54) is 11.5 Å². The Kier molecular flexibility index (Phi) is 7.17. The van der Waals surface area contributed by atoms with Gasteiger partial charge in [-0.3, -0.25) is 10.1 Å². The number of halogens is 1. The maximum absolute atomic E-state index is 12.6. The molecule has 8 heteroatoms. The van der Waals surface area contributed by atoms with Crippen LogP contribution < -0.4 is 5.32 Å². The summed E-state index contributed by atoms with van der Waals surface area (Å²) < 4.78 is 10.5. The van der Waals surface area contributed by atoms with Gasteiger partial charge in [-0.05, 0) is 86.3 Å². The van der Waals surface area contributed by atoms with Crippen LogP contribution in [0, 0.1) is 5.92 Å². The van der Waals surface area contributed by atoms with Gasteiger partial charge in [0.15, 0.2) is 5.78 Å². The molecule has 0 spiro atoms. The zero-order valence-corrected chi connectivity index (χ0v) is 18.6. The summed E-state index contributed by atoms with van der Waals surface area (Å²) in [6.07, 6.45) is 3.82. The number of likely N-dealkylation sites (tertiary alicyclic amines) is 1. The highest BCUT2D eigenvalue weighted by atomic mass is 35.5. The molecule has 1 fully saturated rings. The van der Waals surface area contributed by atoms with Gasteiger partial charge in [0.2, 0.25) is 0 Å². The number of carbonyl (C=O) groups excluding carboxylic acids is 2. The van der Waals surface area contributed by atoms with Crippen molar-refractivity contribution in [3.05, 3.63) is 59.2 Å². The molecule has 31 heavy (non-hydrogen) atoms. The molecule has 162 valence electrons. The lowest BCUT2D eigenvalue weighted by atomic mass is 9.89. The van der Waals surface area contributed by atoms with Crippen molar-refractivity contribution in [2.45, 2.75) is 19.3 Å². The van der Waals surface area contributed by atoms with Gasteiger partial charge in [0.25, 0.3) is 0 Å². The second-order valence-electron chi connectivity index (χ2n) is 7.68. The van der Waals surface area contributed by atoms with Gasteiger partial charge in [-0.15, -0.1) is 0 Å². The first-order valence-electron chi connectivity index (χ1n) is 10.4. The molecule has 0 unspecified atom stereocenters. The summed E-state index contributed by atoms with van der Waals surface area (Å²) in [7, 11) is 0. The molecule has 1 amide bonds. The van der Waals surface area contributed by atoms with E-state index < -0.39 is 6.09 Å². The smallest absolute Gasteiger partial charge is 0.411 e. The van der Waals surface area contributed by atoms with Crippen LogP contribution in [0.2, 0.25) is 5.02 Å². The molecule has 0 radical (unpaired) electrons. The fourth-order valence-electron chi connectivity index (χ4n) is 3.81. The molecule has 3 aromatic rings. The third-order valence-electron chi connectivity index (χ3n) is 5.54. The average Bonchev–Trinajstić information content (AvgIpc) is 3.25. The minimum atomic E-state index is -0.448. The molecule has 1 aromatic heterocycles. The second-order valence-corrected chi connectivity index (χ2v) is 8.95. The van der Waals surface area contributed by atoms with E-state index >= 15 is 0 Å². The predicted molar refractivity (Wildman–Crippen MR) is 124 cm³/mol. The summed E-state index contributed by atoms with van der Waals surface area (Å²) in [6.45, 7) is 2.97. The number of nitrogens with zero attached hydrogens (tertiary/aromatic N) is 2. The van der Waals surface area contributed by atoms with E-state index in [2.05, 4.69) is 14.6 Å². The first kappa shape index (κ1) is 21.7. The Morgan fingerprint density at radius 1 is 1.16 bits per heavy atom. The van der Waals surface area contributed by atoms with Gasteiger partial charge in [-0.25, -0.2) is 4.79 Å². The molecular weight excluding hydrogens is 434 g/mol. The summed E-state index contributed by atoms with van der Waals surface area (Å²) in [5.41, 5.74) is 1.44. The van der Waals surface area contributed by atoms with Crippen LogP contribution in [0.5, 0.6) is 0 Å². The van der Waals surface area contributed by atoms with Crippen molar-refractivity contribution >= 4 is 50.8 Å². The number of hydrogen-bond acceptors (Lipinski definition) is 6. The van der Waals surface area contributed by atoms with E-state index in [9.17, 15) is 9.59 Å². The predicted octanol–water partition coefficient (Wildman–Crippen LogP) is 5.48. The van der Waals surface area contributed by atoms with E-state index in [0.717, 1.165) is 54.5 Å². The first-order chi connectivity index (χ1) is 15.1. The largest absolute Gasteiger partial charge is 0.449 e. The third kappa shape index (κ3) is 5.81. The minimum Gasteiger partial charge on any atom is -0.449 e. The molecule has 0 atom stereocenters. The quantitative estimate of drug-likeness (QED) is 0.375. The van der Waals surface area contributed by atoms with E-state index in [1.54, 1.807) is 30.5 Å². The molecule has 0 bridgehead atoms. The fourth-order valence-corrected chi connectivity index (χ4v) is 4.62. The molecule has 1 aliphatic rings. The lowest BCUT2D eigenvalue weighted by Crippen LogP contribution is -2.37. The van der Waals surface area contributed by atoms with Crippen molar-refractivity contribution in [1.82, 2.24) is 9.27 Å². The van der Waals surface area contributed by atoms with Crippen molar-refractivity contribution in [2.24, 2.45) is 5.92 Å². The van der Waals surface area contributed by atoms with Crippen LogP contribution in [0.3, 0.4) is 0 Å². The zero-order valence-electron chi connectivity index (χ0n) is 17.1. The molecule has 0 saturated carbocycles. The number of nitrogens with one attached hydrogen (secondary N) is 1. The maximum atomic E-state index is 12.6. The van der Waals surface area contributed by atoms with Crippen molar-refractivity contribution in [1.29, 1.82) is 0 Å². The summed E-state index contributed by atoms with van der Waals surface area (Å²) in [4.78, 5) is 27.0. The van der Waals surface area contributed by atoms with Crippen molar-refractivity contribution in [2.75, 3.05) is 31.6 Å². The highest BCUT2D eigenvalue weighted by molar-refractivity contribution is 7.13. The van der Waals surface area contributed by atoms with Gasteiger partial charge in [-0.2, -0.15) is 4.37 Å². The van der Waals surface area contributed by atoms with Crippen LogP contribution >= 0.6 is 23.1 Å². The Balaban J connectivity index is 1.13. The van der Waals surface area contributed by atoms with Gasteiger partial charge in [0.1, 0.15) is 0 Å². The van der Waals surface area contributed by atoms with Gasteiger partial charge in [0, 0.05) is 40.3 Å². The number of carbonyl (C=O) groups is 2. The van der Waals surface area contributed by atoms with Crippen LogP contribution in [-0.4, -0.2) is 47.4 Å². The van der Waals surface area contributed by atoms with E-state index in [0.29, 0.717) is 17.3 Å². The lowest BCUT2D eigenvalue weighted by molar-refractivity contribution is 0.0830. The standard InChI is InChI=1S/C23H24ClN3O3S/c24-19-5-2-16(3-6-19)22(28)17-8-11-27(12-9-17)10-1-13-30-23(29)26-20-7-4-18-15-25-31-21(18)14-20/h2-7,14-15,17H,1,8-13H2,(H,26,29). The Labute approximate surface area is 190 Å². The summed E-state index contributed by atoms with van der Waals surface area (Å²) in [6, 6.07) is 12.8. The molecule has 1 N–H and O–H groups in total. The Bertz CT molecular complexity index is 1050. The monoisotopic (exact) mass is 457 g/mol. The maximum Gasteiger partial charge on any atom is 0.411 e. The molecular formula is C23H24ClN3O3S. The second kappa shape index (κ2) is 10.2. The molecule has 2 aromatic carbocycles. The number of fused-ring (bicyclic) bond motifs is 1.